The molecule has 17 heteroatoms. The van der Waals surface area contributed by atoms with Crippen molar-refractivity contribution in [3.63, 3.8) is 0 Å². The first kappa shape index (κ1) is 42.1. The maximum atomic E-state index is 14.7. The lowest BCUT2D eigenvalue weighted by Gasteiger charge is -2.39. The number of ether oxygens (including phenoxy) is 1. The van der Waals surface area contributed by atoms with E-state index in [1.807, 2.05) is 13.8 Å². The molecule has 0 unspecified atom stereocenters. The highest BCUT2D eigenvalue weighted by atomic mass is 19.1. The van der Waals surface area contributed by atoms with Crippen LogP contribution in [0.15, 0.2) is 36.5 Å². The van der Waals surface area contributed by atoms with E-state index in [4.69, 9.17) is 4.74 Å². The minimum absolute atomic E-state index is 0.0369. The van der Waals surface area contributed by atoms with Gasteiger partial charge in [-0.25, -0.2) is 13.6 Å². The number of esters is 1. The quantitative estimate of drug-likeness (QED) is 0.349. The summed E-state index contributed by atoms with van der Waals surface area (Å²) in [5.74, 6) is -6.54. The number of pyridine rings is 1. The van der Waals surface area contributed by atoms with Crippen LogP contribution >= 0.6 is 0 Å². The molecule has 6 rings (SSSR count). The van der Waals surface area contributed by atoms with Gasteiger partial charge in [0.25, 0.3) is 0 Å². The van der Waals surface area contributed by atoms with E-state index in [1.165, 1.54) is 28.5 Å². The summed E-state index contributed by atoms with van der Waals surface area (Å²) < 4.78 is 34.5. The predicted octanol–water partition coefficient (Wildman–Crippen LogP) is 1.48. The number of nitrogens with zero attached hydrogens (tertiary/aromatic N) is 4. The Morgan fingerprint density at radius 1 is 0.879 bits per heavy atom. The first-order chi connectivity index (χ1) is 27.6. The molecule has 1 aromatic heterocycles. The van der Waals surface area contributed by atoms with Gasteiger partial charge < -0.3 is 35.4 Å². The molecule has 15 nitrogen and oxygen atoms in total. The third-order valence-corrected chi connectivity index (χ3v) is 11.4. The molecule has 2 aromatic rings. The van der Waals surface area contributed by atoms with Gasteiger partial charge in [-0.15, -0.1) is 0 Å². The molecule has 4 aliphatic rings. The standard InChI is InChI=1S/C41H51F2N7O8/c1-22-10-11-29(44-20-22)19-34(51)46-30(17-26-15-27(42)18-28(43)16-26)36(52)47-35-25(4)58-41(57)33-14-23(2)21-50(33)38(54)24(3)45-37(53)31-8-5-6-12-48(31)39(55)32-9-7-13-49(32)40(35)56/h10-11,15-16,18,20,23-25,30-33,35H,5-9,12-14,17,19,21H2,1-4H3,(H,45,53)(H,46,51)(H,47,52)/t23-,24-,25-,30-,31-,32-,33-,35-/m0/s1. The van der Waals surface area contributed by atoms with Crippen molar-refractivity contribution in [3.05, 3.63) is 65.0 Å². The molecule has 8 atom stereocenters. The number of fused-ring (bicyclic) bond motifs is 3. The molecule has 4 fully saturated rings. The zero-order valence-electron chi connectivity index (χ0n) is 33.2. The predicted molar refractivity (Wildman–Crippen MR) is 203 cm³/mol. The molecule has 4 aliphatic heterocycles. The Bertz CT molecular complexity index is 1910. The second kappa shape index (κ2) is 18.0. The van der Waals surface area contributed by atoms with Gasteiger partial charge >= 0.3 is 5.97 Å². The van der Waals surface area contributed by atoms with E-state index >= 15 is 0 Å². The fraction of sp³-hybridized carbons (Fsp3) is 0.561. The van der Waals surface area contributed by atoms with Crippen molar-refractivity contribution in [2.75, 3.05) is 19.6 Å². The van der Waals surface area contributed by atoms with Gasteiger partial charge in [0.1, 0.15) is 54.0 Å². The molecule has 0 radical (unpaired) electrons. The number of aromatic nitrogens is 1. The average molecular weight is 808 g/mol. The number of aryl methyl sites for hydroxylation is 1. The molecule has 6 amide bonds. The molecule has 58 heavy (non-hydrogen) atoms. The largest absolute Gasteiger partial charge is 0.458 e. The molecule has 0 bridgehead atoms. The van der Waals surface area contributed by atoms with E-state index in [-0.39, 0.29) is 56.8 Å². The zero-order chi connectivity index (χ0) is 41.8. The first-order valence-corrected chi connectivity index (χ1v) is 20.0. The number of hydrogen-bond acceptors (Lipinski definition) is 9. The van der Waals surface area contributed by atoms with E-state index < -0.39 is 95.4 Å². The summed E-state index contributed by atoms with van der Waals surface area (Å²) in [6.07, 6.45) is 2.19. The monoisotopic (exact) mass is 807 g/mol. The second-order valence-corrected chi connectivity index (χ2v) is 16.0. The van der Waals surface area contributed by atoms with Crippen LogP contribution < -0.4 is 16.0 Å². The van der Waals surface area contributed by atoms with Crippen molar-refractivity contribution in [1.29, 1.82) is 0 Å². The van der Waals surface area contributed by atoms with Gasteiger partial charge in [0.15, 0.2) is 0 Å². The number of carbonyl (C=O) groups excluding carboxylic acids is 7. The van der Waals surface area contributed by atoms with Crippen LogP contribution in [-0.4, -0.2) is 123 Å². The Kier molecular flexibility index (Phi) is 13.1. The van der Waals surface area contributed by atoms with Gasteiger partial charge in [-0.3, -0.25) is 33.8 Å². The lowest BCUT2D eigenvalue weighted by Crippen LogP contribution is -2.63. The Balaban J connectivity index is 1.34. The van der Waals surface area contributed by atoms with Gasteiger partial charge in [-0.05, 0) is 94.5 Å². The molecule has 0 spiro atoms. The molecule has 5 heterocycles. The molecule has 3 N–H and O–H groups in total. The summed E-state index contributed by atoms with van der Waals surface area (Å²) in [6.45, 7) is 7.22. The van der Waals surface area contributed by atoms with Gasteiger partial charge in [-0.1, -0.05) is 13.0 Å². The highest BCUT2D eigenvalue weighted by Crippen LogP contribution is 2.29. The Labute approximate surface area is 335 Å². The van der Waals surface area contributed by atoms with E-state index in [1.54, 1.807) is 18.3 Å². The van der Waals surface area contributed by atoms with Crippen molar-refractivity contribution >= 4 is 41.4 Å². The van der Waals surface area contributed by atoms with Gasteiger partial charge in [0.2, 0.25) is 35.4 Å². The molecular formula is C41H51F2N7O8. The molecular weight excluding hydrogens is 756 g/mol. The van der Waals surface area contributed by atoms with E-state index in [2.05, 4.69) is 20.9 Å². The number of nitrogens with one attached hydrogen (secondary N) is 3. The fourth-order valence-corrected chi connectivity index (χ4v) is 8.41. The normalized spacial score (nSPS) is 27.6. The van der Waals surface area contributed by atoms with Gasteiger partial charge in [0, 0.05) is 44.0 Å². The third kappa shape index (κ3) is 9.61. The van der Waals surface area contributed by atoms with E-state index in [0.29, 0.717) is 37.4 Å². The lowest BCUT2D eigenvalue weighted by atomic mass is 9.99. The number of amides is 6. The number of carbonyl (C=O) groups is 7. The molecule has 4 saturated heterocycles. The summed E-state index contributed by atoms with van der Waals surface area (Å²) in [6, 6.07) is -0.947. The van der Waals surface area contributed by atoms with Crippen molar-refractivity contribution < 1.29 is 47.1 Å². The minimum atomic E-state index is -1.61. The summed E-state index contributed by atoms with van der Waals surface area (Å²) >= 11 is 0. The zero-order valence-corrected chi connectivity index (χ0v) is 33.2. The Morgan fingerprint density at radius 3 is 2.28 bits per heavy atom. The SMILES string of the molecule is Cc1ccc(CC(=O)N[C@@H](Cc2cc(F)cc(F)c2)C(=O)N[C@@H]2C(=O)N3CCC[C@H]3C(=O)N3CCCC[C@H]3C(=O)N[C@@H](C)C(=O)N3C[C@@H](C)C[C@H]3C(=O)O[C@H]2C)nc1. The second-order valence-electron chi connectivity index (χ2n) is 16.0. The Morgan fingerprint density at radius 2 is 1.57 bits per heavy atom. The molecule has 0 saturated carbocycles. The van der Waals surface area contributed by atoms with Crippen LogP contribution in [0.2, 0.25) is 0 Å². The van der Waals surface area contributed by atoms with Crippen LogP contribution in [-0.2, 0) is 51.1 Å². The topological polar surface area (TPSA) is 187 Å². The van der Waals surface area contributed by atoms with Crippen molar-refractivity contribution in [2.24, 2.45) is 5.92 Å². The number of cyclic esters (lactones) is 1. The highest BCUT2D eigenvalue weighted by Gasteiger charge is 2.47. The van der Waals surface area contributed by atoms with Crippen LogP contribution in [0.5, 0.6) is 0 Å². The molecule has 0 aliphatic carbocycles. The van der Waals surface area contributed by atoms with Crippen LogP contribution in [0.4, 0.5) is 8.78 Å². The molecule has 1 aromatic carbocycles. The number of rotatable bonds is 7. The summed E-state index contributed by atoms with van der Waals surface area (Å²) in [4.78, 5) is 106. The summed E-state index contributed by atoms with van der Waals surface area (Å²) in [5.41, 5.74) is 1.30. The van der Waals surface area contributed by atoms with Crippen LogP contribution in [0.1, 0.15) is 76.1 Å². The third-order valence-electron chi connectivity index (χ3n) is 11.4. The molecule has 312 valence electrons. The first-order valence-electron chi connectivity index (χ1n) is 20.0. The number of benzene rings is 1. The summed E-state index contributed by atoms with van der Waals surface area (Å²) in [7, 11) is 0. The van der Waals surface area contributed by atoms with Crippen molar-refractivity contribution in [3.8, 4) is 0 Å². The van der Waals surface area contributed by atoms with Crippen molar-refractivity contribution in [1.82, 2.24) is 35.6 Å². The van der Waals surface area contributed by atoms with Gasteiger partial charge in [0.05, 0.1) is 6.42 Å². The minimum Gasteiger partial charge on any atom is -0.458 e. The fourth-order valence-electron chi connectivity index (χ4n) is 8.41. The van der Waals surface area contributed by atoms with Gasteiger partial charge in [-0.2, -0.15) is 0 Å². The van der Waals surface area contributed by atoms with Crippen molar-refractivity contribution in [2.45, 2.75) is 121 Å². The smallest absolute Gasteiger partial charge is 0.329 e. The number of hydrogen-bond donors (Lipinski definition) is 3. The lowest BCUT2D eigenvalue weighted by molar-refractivity contribution is -0.163. The summed E-state index contributed by atoms with van der Waals surface area (Å²) in [5, 5.41) is 8.02. The maximum absolute atomic E-state index is 14.7. The van der Waals surface area contributed by atoms with Crippen LogP contribution in [0, 0.1) is 24.5 Å². The maximum Gasteiger partial charge on any atom is 0.329 e. The number of halogens is 2. The van der Waals surface area contributed by atoms with E-state index in [0.717, 1.165) is 17.7 Å². The van der Waals surface area contributed by atoms with Crippen LogP contribution in [0.25, 0.3) is 0 Å². The highest BCUT2D eigenvalue weighted by molar-refractivity contribution is 5.98. The Hall–Kier alpha value is -5.48. The number of piperidine rings is 1. The van der Waals surface area contributed by atoms with E-state index in [9.17, 15) is 42.3 Å². The van der Waals surface area contributed by atoms with Crippen LogP contribution in [0.3, 0.4) is 0 Å². The average Bonchev–Trinajstić information content (AvgIpc) is 3.83.